The number of hydrogen-bond acceptors (Lipinski definition) is 5. The fourth-order valence-corrected chi connectivity index (χ4v) is 2.56. The molecule has 5 nitrogen and oxygen atoms in total. The molecule has 1 aromatic rings. The van der Waals surface area contributed by atoms with Gasteiger partial charge in [-0.2, -0.15) is 0 Å². The molecule has 1 aliphatic rings. The van der Waals surface area contributed by atoms with Gasteiger partial charge in [0.2, 0.25) is 5.95 Å². The van der Waals surface area contributed by atoms with Crippen molar-refractivity contribution in [3.8, 4) is 0 Å². The van der Waals surface area contributed by atoms with Crippen LogP contribution in [0.3, 0.4) is 0 Å². The van der Waals surface area contributed by atoms with Crippen LogP contribution >= 0.6 is 0 Å². The average molecular weight is 277 g/mol. The Labute approximate surface area is 120 Å². The predicted molar refractivity (Wildman–Crippen MR) is 77.8 cm³/mol. The van der Waals surface area contributed by atoms with E-state index in [4.69, 9.17) is 4.74 Å². The lowest BCUT2D eigenvalue weighted by Crippen LogP contribution is -2.36. The lowest BCUT2D eigenvalue weighted by molar-refractivity contribution is 0.0524. The molecule has 1 aliphatic carbocycles. The minimum Gasteiger partial charge on any atom is -0.462 e. The minimum absolute atomic E-state index is 0.358. The van der Waals surface area contributed by atoms with Crippen molar-refractivity contribution in [3.63, 3.8) is 0 Å². The molecule has 0 radical (unpaired) electrons. The van der Waals surface area contributed by atoms with Gasteiger partial charge >= 0.3 is 5.97 Å². The number of nitrogens with one attached hydrogen (secondary N) is 1. The summed E-state index contributed by atoms with van der Waals surface area (Å²) in [5.41, 5.74) is 1.50. The molecule has 5 heteroatoms. The predicted octanol–water partition coefficient (Wildman–Crippen LogP) is 2.95. The van der Waals surface area contributed by atoms with Crippen LogP contribution in [-0.4, -0.2) is 29.1 Å². The van der Waals surface area contributed by atoms with Gasteiger partial charge in [-0.25, -0.2) is 14.8 Å². The van der Waals surface area contributed by atoms with E-state index < -0.39 is 0 Å². The molecule has 0 aromatic carbocycles. The second-order valence-corrected chi connectivity index (χ2v) is 5.47. The van der Waals surface area contributed by atoms with Crippen LogP contribution in [0.15, 0.2) is 6.20 Å². The fraction of sp³-hybridized carbons (Fsp3) is 0.667. The number of nitrogens with zero attached hydrogens (tertiary/aromatic N) is 2. The Morgan fingerprint density at radius 2 is 2.20 bits per heavy atom. The standard InChI is InChI=1S/C15H23N3O2/c1-4-15(7-6-8-15)10-17-14-16-9-12(11(3)18-14)13(19)20-5-2/h9H,4-8,10H2,1-3H3,(H,16,17,18). The zero-order valence-electron chi connectivity index (χ0n) is 12.5. The Hall–Kier alpha value is -1.65. The molecule has 1 N–H and O–H groups in total. The van der Waals surface area contributed by atoms with E-state index in [2.05, 4.69) is 22.2 Å². The van der Waals surface area contributed by atoms with Crippen LogP contribution in [0.4, 0.5) is 5.95 Å². The molecule has 0 unspecified atom stereocenters. The highest BCUT2D eigenvalue weighted by Crippen LogP contribution is 2.43. The van der Waals surface area contributed by atoms with Gasteiger partial charge in [-0.1, -0.05) is 13.3 Å². The number of ether oxygens (including phenoxy) is 1. The van der Waals surface area contributed by atoms with E-state index in [1.807, 2.05) is 0 Å². The molecule has 1 aromatic heterocycles. The maximum Gasteiger partial charge on any atom is 0.341 e. The van der Waals surface area contributed by atoms with E-state index in [1.165, 1.54) is 25.7 Å². The molecule has 1 saturated carbocycles. The first-order valence-corrected chi connectivity index (χ1v) is 7.35. The Kier molecular flexibility index (Phi) is 4.57. The van der Waals surface area contributed by atoms with Gasteiger partial charge in [0.15, 0.2) is 0 Å². The van der Waals surface area contributed by atoms with Crippen LogP contribution in [0.5, 0.6) is 0 Å². The number of hydrogen-bond donors (Lipinski definition) is 1. The van der Waals surface area contributed by atoms with Gasteiger partial charge in [0.25, 0.3) is 0 Å². The zero-order chi connectivity index (χ0) is 14.6. The molecule has 0 amide bonds. The van der Waals surface area contributed by atoms with Crippen LogP contribution in [0.2, 0.25) is 0 Å². The molecule has 0 saturated heterocycles. The SMILES string of the molecule is CCOC(=O)c1cnc(NCC2(CC)CCC2)nc1C. The van der Waals surface area contributed by atoms with Crippen LogP contribution in [-0.2, 0) is 4.74 Å². The largest absolute Gasteiger partial charge is 0.462 e. The molecule has 1 fully saturated rings. The summed E-state index contributed by atoms with van der Waals surface area (Å²) < 4.78 is 4.97. The number of anilines is 1. The summed E-state index contributed by atoms with van der Waals surface area (Å²) in [7, 11) is 0. The van der Waals surface area contributed by atoms with Gasteiger partial charge < -0.3 is 10.1 Å². The molecule has 0 atom stereocenters. The molecular weight excluding hydrogens is 254 g/mol. The van der Waals surface area contributed by atoms with E-state index in [-0.39, 0.29) is 5.97 Å². The van der Waals surface area contributed by atoms with Gasteiger partial charge in [0.1, 0.15) is 0 Å². The summed E-state index contributed by atoms with van der Waals surface area (Å²) in [6, 6.07) is 0. The number of carbonyl (C=O) groups is 1. The summed E-state index contributed by atoms with van der Waals surface area (Å²) in [6.07, 6.45) is 6.59. The third-order valence-electron chi connectivity index (χ3n) is 4.26. The molecule has 0 spiro atoms. The van der Waals surface area contributed by atoms with Gasteiger partial charge in [-0.15, -0.1) is 0 Å². The highest BCUT2D eigenvalue weighted by molar-refractivity contribution is 5.90. The average Bonchev–Trinajstić information content (AvgIpc) is 2.38. The van der Waals surface area contributed by atoms with Crippen LogP contribution < -0.4 is 5.32 Å². The van der Waals surface area contributed by atoms with Crippen molar-refractivity contribution in [2.24, 2.45) is 5.41 Å². The van der Waals surface area contributed by atoms with Gasteiger partial charge in [0.05, 0.1) is 17.9 Å². The molecular formula is C15H23N3O2. The Bertz CT molecular complexity index is 478. The Balaban J connectivity index is 2.00. The number of rotatable bonds is 6. The summed E-state index contributed by atoms with van der Waals surface area (Å²) in [5.74, 6) is 0.232. The maximum atomic E-state index is 11.7. The lowest BCUT2D eigenvalue weighted by Gasteiger charge is -2.41. The fourth-order valence-electron chi connectivity index (χ4n) is 2.56. The second kappa shape index (κ2) is 6.20. The summed E-state index contributed by atoms with van der Waals surface area (Å²) in [6.45, 7) is 7.08. The molecule has 0 bridgehead atoms. The van der Waals surface area contributed by atoms with Crippen molar-refractivity contribution < 1.29 is 9.53 Å². The van der Waals surface area contributed by atoms with Gasteiger partial charge in [0, 0.05) is 12.7 Å². The smallest absolute Gasteiger partial charge is 0.341 e. The maximum absolute atomic E-state index is 11.7. The van der Waals surface area contributed by atoms with Crippen LogP contribution in [0, 0.1) is 12.3 Å². The third-order valence-corrected chi connectivity index (χ3v) is 4.26. The second-order valence-electron chi connectivity index (χ2n) is 5.47. The highest BCUT2D eigenvalue weighted by atomic mass is 16.5. The first-order valence-electron chi connectivity index (χ1n) is 7.35. The quantitative estimate of drug-likeness (QED) is 0.810. The monoisotopic (exact) mass is 277 g/mol. The molecule has 110 valence electrons. The first kappa shape index (κ1) is 14.8. The van der Waals surface area contributed by atoms with Gasteiger partial charge in [-0.3, -0.25) is 0 Å². The summed E-state index contributed by atoms with van der Waals surface area (Å²) >= 11 is 0. The first-order chi connectivity index (χ1) is 9.60. The van der Waals surface area contributed by atoms with Crippen molar-refractivity contribution >= 4 is 11.9 Å². The number of carbonyl (C=O) groups excluding carboxylic acids is 1. The van der Waals surface area contributed by atoms with Crippen molar-refractivity contribution in [3.05, 3.63) is 17.5 Å². The topological polar surface area (TPSA) is 64.1 Å². The van der Waals surface area contributed by atoms with Crippen molar-refractivity contribution in [1.29, 1.82) is 0 Å². The molecule has 20 heavy (non-hydrogen) atoms. The number of esters is 1. The van der Waals surface area contributed by atoms with Crippen molar-refractivity contribution in [2.45, 2.75) is 46.5 Å². The van der Waals surface area contributed by atoms with Gasteiger partial charge in [-0.05, 0) is 38.5 Å². The zero-order valence-corrected chi connectivity index (χ0v) is 12.5. The normalized spacial score (nSPS) is 16.4. The molecule has 1 heterocycles. The summed E-state index contributed by atoms with van der Waals surface area (Å²) in [5, 5.41) is 3.30. The summed E-state index contributed by atoms with van der Waals surface area (Å²) in [4.78, 5) is 20.2. The van der Waals surface area contributed by atoms with E-state index >= 15 is 0 Å². The van der Waals surface area contributed by atoms with E-state index in [1.54, 1.807) is 20.0 Å². The highest BCUT2D eigenvalue weighted by Gasteiger charge is 2.34. The number of aromatic nitrogens is 2. The third kappa shape index (κ3) is 3.08. The van der Waals surface area contributed by atoms with Crippen LogP contribution in [0.25, 0.3) is 0 Å². The Morgan fingerprint density at radius 1 is 1.45 bits per heavy atom. The van der Waals surface area contributed by atoms with Crippen molar-refractivity contribution in [2.75, 3.05) is 18.5 Å². The molecule has 0 aliphatic heterocycles. The van der Waals surface area contributed by atoms with E-state index in [0.29, 0.717) is 29.2 Å². The van der Waals surface area contributed by atoms with Crippen LogP contribution in [0.1, 0.15) is 55.6 Å². The molecule has 2 rings (SSSR count). The minimum atomic E-state index is -0.361. The van der Waals surface area contributed by atoms with E-state index in [0.717, 1.165) is 6.54 Å². The lowest BCUT2D eigenvalue weighted by atomic mass is 9.67. The Morgan fingerprint density at radius 3 is 2.70 bits per heavy atom. The van der Waals surface area contributed by atoms with Crippen molar-refractivity contribution in [1.82, 2.24) is 9.97 Å². The van der Waals surface area contributed by atoms with E-state index in [9.17, 15) is 4.79 Å². The number of aryl methyl sites for hydroxylation is 1.